The first-order valence-corrected chi connectivity index (χ1v) is 12.4. The molecule has 186 valence electrons. The van der Waals surface area contributed by atoms with E-state index >= 15 is 0 Å². The van der Waals surface area contributed by atoms with E-state index in [0.717, 1.165) is 47.1 Å². The lowest BCUT2D eigenvalue weighted by Crippen LogP contribution is -2.42. The fraction of sp³-hybridized carbons (Fsp3) is 0.250. The van der Waals surface area contributed by atoms with Crippen molar-refractivity contribution < 1.29 is 14.4 Å². The predicted octanol–water partition coefficient (Wildman–Crippen LogP) is 3.79. The second-order valence-electron chi connectivity index (χ2n) is 9.64. The van der Waals surface area contributed by atoms with Crippen LogP contribution in [0.2, 0.25) is 0 Å². The van der Waals surface area contributed by atoms with E-state index in [1.165, 1.54) is 0 Å². The lowest BCUT2D eigenvalue weighted by Gasteiger charge is -2.23. The Morgan fingerprint density at radius 3 is 2.38 bits per heavy atom. The van der Waals surface area contributed by atoms with Crippen LogP contribution in [-0.2, 0) is 15.1 Å². The number of carbonyl (C=O) groups is 3. The monoisotopic (exact) mass is 494 g/mol. The van der Waals surface area contributed by atoms with Gasteiger partial charge >= 0.3 is 6.03 Å². The van der Waals surface area contributed by atoms with Crippen molar-refractivity contribution in [1.29, 1.82) is 0 Å². The molecule has 9 nitrogen and oxygen atoms in total. The molecule has 2 aliphatic heterocycles. The number of carbonyl (C=O) groups excluding carboxylic acids is 3. The molecule has 2 saturated heterocycles. The molecule has 0 bridgehead atoms. The second kappa shape index (κ2) is 8.85. The fourth-order valence-electron chi connectivity index (χ4n) is 5.08. The first-order chi connectivity index (χ1) is 17.9. The normalized spacial score (nSPS) is 19.6. The standard InChI is InChI=1S/C28H26N6O3/c1-28(20-13-12-18-8-2-3-9-19(18)16-20)26(36)34(27(37)32-28)17-23(35)31-24-25(33-14-6-7-15-33)30-22-11-5-4-10-21(22)29-24/h2-5,8-13,16H,6-7,14-15,17H2,1H3,(H,32,37)(H,29,31,35). The third kappa shape index (κ3) is 4.02. The number of imide groups is 1. The van der Waals surface area contributed by atoms with Crippen LogP contribution < -0.4 is 15.5 Å². The Balaban J connectivity index is 1.25. The Morgan fingerprint density at radius 1 is 0.946 bits per heavy atom. The van der Waals surface area contributed by atoms with Crippen molar-refractivity contribution in [3.05, 3.63) is 72.3 Å². The maximum absolute atomic E-state index is 13.4. The van der Waals surface area contributed by atoms with Crippen LogP contribution in [0.3, 0.4) is 0 Å². The van der Waals surface area contributed by atoms with Crippen molar-refractivity contribution in [2.24, 2.45) is 0 Å². The van der Waals surface area contributed by atoms with E-state index in [9.17, 15) is 14.4 Å². The Morgan fingerprint density at radius 2 is 1.62 bits per heavy atom. The lowest BCUT2D eigenvalue weighted by molar-refractivity contribution is -0.133. The molecule has 1 atom stereocenters. The largest absolute Gasteiger partial charge is 0.354 e. The van der Waals surface area contributed by atoms with E-state index in [1.54, 1.807) is 6.92 Å². The minimum atomic E-state index is -1.27. The minimum Gasteiger partial charge on any atom is -0.354 e. The van der Waals surface area contributed by atoms with E-state index in [-0.39, 0.29) is 0 Å². The second-order valence-corrected chi connectivity index (χ2v) is 9.64. The van der Waals surface area contributed by atoms with Crippen molar-refractivity contribution >= 4 is 51.3 Å². The van der Waals surface area contributed by atoms with Crippen LogP contribution in [0, 0.1) is 0 Å². The average molecular weight is 495 g/mol. The van der Waals surface area contributed by atoms with Crippen molar-refractivity contribution in [1.82, 2.24) is 20.2 Å². The molecule has 1 unspecified atom stereocenters. The number of nitrogens with one attached hydrogen (secondary N) is 2. The van der Waals surface area contributed by atoms with Crippen LogP contribution >= 0.6 is 0 Å². The van der Waals surface area contributed by atoms with E-state index < -0.39 is 29.9 Å². The number of aromatic nitrogens is 2. The molecule has 4 amide bonds. The molecule has 1 aromatic heterocycles. The summed E-state index contributed by atoms with van der Waals surface area (Å²) in [4.78, 5) is 51.8. The smallest absolute Gasteiger partial charge is 0.325 e. The number of fused-ring (bicyclic) bond motifs is 2. The molecule has 3 aromatic carbocycles. The van der Waals surface area contributed by atoms with Crippen LogP contribution in [-0.4, -0.2) is 52.3 Å². The van der Waals surface area contributed by atoms with Gasteiger partial charge in [-0.2, -0.15) is 0 Å². The highest BCUT2D eigenvalue weighted by molar-refractivity contribution is 6.10. The highest BCUT2D eigenvalue weighted by Crippen LogP contribution is 2.32. The van der Waals surface area contributed by atoms with Crippen LogP contribution in [0.25, 0.3) is 21.8 Å². The molecule has 4 aromatic rings. The van der Waals surface area contributed by atoms with Gasteiger partial charge in [0.25, 0.3) is 5.91 Å². The zero-order chi connectivity index (χ0) is 25.6. The molecule has 6 rings (SSSR count). The Bertz CT molecular complexity index is 1560. The summed E-state index contributed by atoms with van der Waals surface area (Å²) in [5, 5.41) is 7.59. The highest BCUT2D eigenvalue weighted by Gasteiger charge is 2.49. The van der Waals surface area contributed by atoms with Gasteiger partial charge in [-0.3, -0.25) is 14.5 Å². The maximum Gasteiger partial charge on any atom is 0.325 e. The molecule has 37 heavy (non-hydrogen) atoms. The number of urea groups is 1. The molecule has 0 radical (unpaired) electrons. The summed E-state index contributed by atoms with van der Waals surface area (Å²) >= 11 is 0. The Kier molecular flexibility index (Phi) is 5.48. The summed E-state index contributed by atoms with van der Waals surface area (Å²) in [7, 11) is 0. The van der Waals surface area contributed by atoms with Gasteiger partial charge in [0.15, 0.2) is 11.6 Å². The summed E-state index contributed by atoms with van der Waals surface area (Å²) in [6.07, 6.45) is 2.08. The Hall–Kier alpha value is -4.53. The van der Waals surface area contributed by atoms with Gasteiger partial charge in [0.1, 0.15) is 12.1 Å². The van der Waals surface area contributed by atoms with E-state index in [0.29, 0.717) is 22.7 Å². The number of para-hydroxylation sites is 2. The van der Waals surface area contributed by atoms with E-state index in [1.807, 2.05) is 66.7 Å². The lowest BCUT2D eigenvalue weighted by atomic mass is 9.90. The molecular weight excluding hydrogens is 468 g/mol. The number of anilines is 2. The summed E-state index contributed by atoms with van der Waals surface area (Å²) in [6, 6.07) is 20.3. The van der Waals surface area contributed by atoms with Crippen LogP contribution in [0.5, 0.6) is 0 Å². The summed E-state index contributed by atoms with van der Waals surface area (Å²) < 4.78 is 0. The molecule has 2 aliphatic rings. The van der Waals surface area contributed by atoms with Crippen molar-refractivity contribution in [3.63, 3.8) is 0 Å². The number of hydrogen-bond donors (Lipinski definition) is 2. The molecule has 0 spiro atoms. The molecule has 2 N–H and O–H groups in total. The van der Waals surface area contributed by atoms with E-state index in [4.69, 9.17) is 4.98 Å². The van der Waals surface area contributed by atoms with Crippen molar-refractivity contribution in [2.45, 2.75) is 25.3 Å². The zero-order valence-corrected chi connectivity index (χ0v) is 20.4. The van der Waals surface area contributed by atoms with Gasteiger partial charge in [-0.25, -0.2) is 14.8 Å². The van der Waals surface area contributed by atoms with Gasteiger partial charge < -0.3 is 15.5 Å². The maximum atomic E-state index is 13.4. The molecule has 2 fully saturated rings. The number of benzene rings is 3. The number of nitrogens with zero attached hydrogens (tertiary/aromatic N) is 4. The SMILES string of the molecule is CC1(c2ccc3ccccc3c2)NC(=O)N(CC(=O)Nc2nc3ccccc3nc2N2CCCC2)C1=O. The quantitative estimate of drug-likeness (QED) is 0.409. The first-order valence-electron chi connectivity index (χ1n) is 12.4. The summed E-state index contributed by atoms with van der Waals surface area (Å²) in [5.41, 5.74) is 0.775. The summed E-state index contributed by atoms with van der Waals surface area (Å²) in [6.45, 7) is 2.89. The van der Waals surface area contributed by atoms with Crippen LogP contribution in [0.15, 0.2) is 66.7 Å². The summed E-state index contributed by atoms with van der Waals surface area (Å²) in [5.74, 6) is -0.0683. The van der Waals surface area contributed by atoms with Gasteiger partial charge in [0.05, 0.1) is 11.0 Å². The Labute approximate surface area is 213 Å². The average Bonchev–Trinajstić information content (AvgIpc) is 3.52. The van der Waals surface area contributed by atoms with Gasteiger partial charge in [-0.05, 0) is 54.3 Å². The van der Waals surface area contributed by atoms with Gasteiger partial charge in [-0.1, -0.05) is 48.5 Å². The predicted molar refractivity (Wildman–Crippen MR) is 141 cm³/mol. The number of amides is 4. The van der Waals surface area contributed by atoms with Gasteiger partial charge in [0, 0.05) is 13.1 Å². The fourth-order valence-corrected chi connectivity index (χ4v) is 5.08. The third-order valence-electron chi connectivity index (χ3n) is 7.12. The molecule has 3 heterocycles. The molecule has 9 heteroatoms. The molecule has 0 aliphatic carbocycles. The highest BCUT2D eigenvalue weighted by atomic mass is 16.2. The zero-order valence-electron chi connectivity index (χ0n) is 20.4. The minimum absolute atomic E-state index is 0.329. The topological polar surface area (TPSA) is 108 Å². The first kappa shape index (κ1) is 22.9. The molecular formula is C28H26N6O3. The van der Waals surface area contributed by atoms with Crippen molar-refractivity contribution in [3.8, 4) is 0 Å². The van der Waals surface area contributed by atoms with Gasteiger partial charge in [0.2, 0.25) is 5.91 Å². The third-order valence-corrected chi connectivity index (χ3v) is 7.12. The number of hydrogen-bond acceptors (Lipinski definition) is 6. The van der Waals surface area contributed by atoms with E-state index in [2.05, 4.69) is 20.5 Å². The van der Waals surface area contributed by atoms with Gasteiger partial charge in [-0.15, -0.1) is 0 Å². The van der Waals surface area contributed by atoms with Crippen LogP contribution in [0.1, 0.15) is 25.3 Å². The number of rotatable bonds is 5. The van der Waals surface area contributed by atoms with Crippen LogP contribution in [0.4, 0.5) is 16.4 Å². The van der Waals surface area contributed by atoms with Crippen molar-refractivity contribution in [2.75, 3.05) is 29.9 Å². The molecule has 0 saturated carbocycles.